The van der Waals surface area contributed by atoms with E-state index in [4.69, 9.17) is 28.4 Å². The Bertz CT molecular complexity index is 1200. The van der Waals surface area contributed by atoms with Gasteiger partial charge in [0.05, 0.1) is 43.8 Å². The lowest BCUT2D eigenvalue weighted by Crippen LogP contribution is -2.44. The summed E-state index contributed by atoms with van der Waals surface area (Å²) in [6.07, 6.45) is 5.66. The molecule has 0 radical (unpaired) electrons. The molecule has 1 amide bonds. The van der Waals surface area contributed by atoms with E-state index in [9.17, 15) is 33.6 Å². The molecule has 18 heteroatoms. The molecule has 0 aromatic carbocycles. The van der Waals surface area contributed by atoms with Gasteiger partial charge >= 0.3 is 29.8 Å². The average Bonchev–Trinajstić information content (AvgIpc) is 3.73. The summed E-state index contributed by atoms with van der Waals surface area (Å²) in [5.41, 5.74) is -1.63. The zero-order chi connectivity index (χ0) is 38.1. The molecule has 14 nitrogen and oxygen atoms in total. The van der Waals surface area contributed by atoms with Gasteiger partial charge in [0.1, 0.15) is 50.8 Å². The lowest BCUT2D eigenvalue weighted by molar-refractivity contribution is -0.170. The van der Waals surface area contributed by atoms with Gasteiger partial charge in [-0.05, 0) is 46.5 Å². The largest absolute Gasteiger partial charge is 0.465 e. The molecular formula is C33H45Br4NO13. The zero-order valence-corrected chi connectivity index (χ0v) is 35.0. The smallest absolute Gasteiger partial charge is 0.319 e. The van der Waals surface area contributed by atoms with Gasteiger partial charge in [0.25, 0.3) is 0 Å². The van der Waals surface area contributed by atoms with Crippen molar-refractivity contribution in [2.75, 3.05) is 39.6 Å². The number of carbonyl (C=O) groups excluding carboxylic acids is 7. The first-order valence-corrected chi connectivity index (χ1v) is 20.3. The minimum atomic E-state index is -1.63. The quantitative estimate of drug-likeness (QED) is 0.0366. The van der Waals surface area contributed by atoms with Crippen molar-refractivity contribution < 1.29 is 62.0 Å². The fraction of sp³-hybridized carbons (Fsp3) is 0.727. The number of hydrogen-bond donors (Lipinski definition) is 1. The highest BCUT2D eigenvalue weighted by molar-refractivity contribution is 9.10. The van der Waals surface area contributed by atoms with Crippen LogP contribution in [0.4, 0.5) is 0 Å². The molecule has 2 rings (SSSR count). The Morgan fingerprint density at radius 2 is 1.16 bits per heavy atom. The molecule has 1 N–H and O–H groups in total. The maximum Gasteiger partial charge on any atom is 0.319 e. The topological polar surface area (TPSA) is 187 Å². The van der Waals surface area contributed by atoms with Crippen LogP contribution in [0.3, 0.4) is 0 Å². The molecule has 2 aliphatic rings. The van der Waals surface area contributed by atoms with E-state index in [0.29, 0.717) is 44.8 Å². The van der Waals surface area contributed by atoms with Crippen LogP contribution in [0, 0.1) is 17.3 Å². The highest BCUT2D eigenvalue weighted by atomic mass is 79.9. The lowest BCUT2D eigenvalue weighted by Gasteiger charge is -2.27. The van der Waals surface area contributed by atoms with Crippen LogP contribution in [-0.4, -0.2) is 113 Å². The fourth-order valence-corrected chi connectivity index (χ4v) is 6.95. The van der Waals surface area contributed by atoms with Crippen molar-refractivity contribution in [1.82, 2.24) is 5.32 Å². The summed E-state index contributed by atoms with van der Waals surface area (Å²) >= 11 is 13.1. The van der Waals surface area contributed by atoms with Crippen LogP contribution in [-0.2, 0) is 62.0 Å². The van der Waals surface area contributed by atoms with Gasteiger partial charge in [0.15, 0.2) is 0 Å². The Hall–Kier alpha value is -1.89. The number of nitrogens with one attached hydrogen (secondary N) is 1. The first kappa shape index (κ1) is 45.3. The second-order valence-electron chi connectivity index (χ2n) is 12.1. The van der Waals surface area contributed by atoms with Crippen LogP contribution in [0.2, 0.25) is 0 Å². The van der Waals surface area contributed by atoms with E-state index in [-0.39, 0.29) is 26.4 Å². The van der Waals surface area contributed by atoms with E-state index in [1.165, 1.54) is 6.92 Å². The van der Waals surface area contributed by atoms with E-state index in [1.54, 1.807) is 26.0 Å². The third-order valence-electron chi connectivity index (χ3n) is 8.03. The van der Waals surface area contributed by atoms with Crippen LogP contribution >= 0.6 is 63.7 Å². The normalized spacial score (nSPS) is 22.4. The lowest BCUT2D eigenvalue weighted by atomic mass is 9.83. The number of rotatable bonds is 24. The molecule has 2 aliphatic heterocycles. The molecule has 8 atom stereocenters. The number of halogens is 4. The van der Waals surface area contributed by atoms with Crippen molar-refractivity contribution in [3.8, 4) is 0 Å². The number of hydrogen-bond acceptors (Lipinski definition) is 13. The van der Waals surface area contributed by atoms with Gasteiger partial charge in [-0.25, -0.2) is 0 Å². The number of amides is 1. The molecule has 0 aromatic heterocycles. The van der Waals surface area contributed by atoms with Gasteiger partial charge in [-0.15, -0.1) is 0 Å². The van der Waals surface area contributed by atoms with Gasteiger partial charge < -0.3 is 38.5 Å². The Kier molecular flexibility index (Phi) is 20.4. The third kappa shape index (κ3) is 14.5. The van der Waals surface area contributed by atoms with E-state index in [1.807, 2.05) is 0 Å². The Balaban J connectivity index is 1.95. The summed E-state index contributed by atoms with van der Waals surface area (Å²) < 4.78 is 31.9. The minimum absolute atomic E-state index is 0.0723. The second kappa shape index (κ2) is 23.0. The van der Waals surface area contributed by atoms with Crippen molar-refractivity contribution in [2.24, 2.45) is 17.3 Å². The third-order valence-corrected chi connectivity index (χ3v) is 11.4. The molecular weight excluding hydrogens is 938 g/mol. The summed E-state index contributed by atoms with van der Waals surface area (Å²) in [6, 6.07) is 0. The molecule has 0 aromatic rings. The van der Waals surface area contributed by atoms with Crippen LogP contribution < -0.4 is 5.32 Å². The van der Waals surface area contributed by atoms with Gasteiger partial charge in [-0.2, -0.15) is 0 Å². The van der Waals surface area contributed by atoms with Gasteiger partial charge in [0, 0.05) is 0 Å². The summed E-state index contributed by atoms with van der Waals surface area (Å²) in [5.74, 6) is -4.71. The first-order chi connectivity index (χ1) is 24.2. The minimum Gasteiger partial charge on any atom is -0.465 e. The molecule has 2 heterocycles. The van der Waals surface area contributed by atoms with Crippen LogP contribution in [0.25, 0.3) is 0 Å². The predicted octanol–water partition coefficient (Wildman–Crippen LogP) is 4.03. The van der Waals surface area contributed by atoms with Crippen LogP contribution in [0.15, 0.2) is 12.2 Å². The number of fused-ring (bicyclic) bond motifs is 2. The van der Waals surface area contributed by atoms with E-state index in [0.717, 1.165) is 0 Å². The van der Waals surface area contributed by atoms with E-state index in [2.05, 4.69) is 69.0 Å². The number of esters is 5. The Labute approximate surface area is 331 Å². The SMILES string of the molecule is CCOC(=O)C(Br)CCCC(Br)C(=O)OCC(C)(COC(=O)C(Br)CCCC(Br)C(=O)OCC)C(=O)OCCNC(=O)[C@H]1C2C=CC(O2)[C@H]1C=O. The van der Waals surface area contributed by atoms with Crippen molar-refractivity contribution in [2.45, 2.75) is 90.8 Å². The van der Waals surface area contributed by atoms with Gasteiger partial charge in [-0.1, -0.05) is 88.7 Å². The van der Waals surface area contributed by atoms with E-state index < -0.39 is 97.7 Å². The molecule has 51 heavy (non-hydrogen) atoms. The highest BCUT2D eigenvalue weighted by Gasteiger charge is 2.49. The van der Waals surface area contributed by atoms with E-state index >= 15 is 0 Å². The standard InChI is InChI=1S/C33H45Br4NO13/c1-4-46-28(41)20(34)8-6-10-22(36)30(43)49-17-33(3,18-50-31(44)23(37)11-7-9-21(35)29(42)47-5-2)32(45)48-15-14-38-27(40)26-19(16-39)24-12-13-25(26)51-24/h12-13,16,19-26H,4-11,14-15,17-18H2,1-3H3,(H,38,40)/t19-,20?,21?,22?,23?,24?,25?,26-,33?/m1/s1. The Morgan fingerprint density at radius 3 is 1.59 bits per heavy atom. The van der Waals surface area contributed by atoms with Crippen molar-refractivity contribution in [1.29, 1.82) is 0 Å². The molecule has 288 valence electrons. The molecule has 6 unspecified atom stereocenters. The van der Waals surface area contributed by atoms with Crippen molar-refractivity contribution in [3.05, 3.63) is 12.2 Å². The molecule has 0 spiro atoms. The fourth-order valence-electron chi connectivity index (χ4n) is 5.12. The van der Waals surface area contributed by atoms with Crippen LogP contribution in [0.1, 0.15) is 59.3 Å². The summed E-state index contributed by atoms with van der Waals surface area (Å²) in [6.45, 7) is 4.01. The molecule has 1 fully saturated rings. The molecule has 2 bridgehead atoms. The van der Waals surface area contributed by atoms with Crippen LogP contribution in [0.5, 0.6) is 0 Å². The monoisotopic (exact) mass is 979 g/mol. The maximum absolute atomic E-state index is 13.3. The Morgan fingerprint density at radius 1 is 0.725 bits per heavy atom. The number of carbonyl (C=O) groups is 7. The highest BCUT2D eigenvalue weighted by Crippen LogP contribution is 2.38. The maximum atomic E-state index is 13.3. The summed E-state index contributed by atoms with van der Waals surface area (Å²) in [7, 11) is 0. The molecule has 1 saturated heterocycles. The summed E-state index contributed by atoms with van der Waals surface area (Å²) in [4.78, 5) is 84.4. The second-order valence-corrected chi connectivity index (χ2v) is 16.5. The van der Waals surface area contributed by atoms with Crippen molar-refractivity contribution >= 4 is 106 Å². The number of alkyl halides is 4. The predicted molar refractivity (Wildman–Crippen MR) is 197 cm³/mol. The zero-order valence-electron chi connectivity index (χ0n) is 28.7. The number of aldehydes is 1. The van der Waals surface area contributed by atoms with Gasteiger partial charge in [0.2, 0.25) is 5.91 Å². The summed E-state index contributed by atoms with van der Waals surface area (Å²) in [5, 5.41) is 2.66. The number of ether oxygens (including phenoxy) is 6. The molecule has 0 aliphatic carbocycles. The van der Waals surface area contributed by atoms with Gasteiger partial charge in [-0.3, -0.25) is 28.8 Å². The first-order valence-electron chi connectivity index (χ1n) is 16.7. The van der Waals surface area contributed by atoms with Crippen molar-refractivity contribution in [3.63, 3.8) is 0 Å². The molecule has 0 saturated carbocycles. The average molecular weight is 983 g/mol.